The molecule has 140 valence electrons. The molecule has 2 rings (SSSR count). The predicted molar refractivity (Wildman–Crippen MR) is 111 cm³/mol. The van der Waals surface area contributed by atoms with Crippen LogP contribution in [-0.4, -0.2) is 21.2 Å². The molecule has 1 saturated carbocycles. The molecule has 2 unspecified atom stereocenters. The van der Waals surface area contributed by atoms with Crippen molar-refractivity contribution in [2.75, 3.05) is 0 Å². The number of unbranched alkanes of at least 4 members (excludes halogenated alkanes) is 1. The molecule has 0 radical (unpaired) electrons. The van der Waals surface area contributed by atoms with E-state index in [1.807, 2.05) is 37.3 Å². The Balaban J connectivity index is 2.52. The Morgan fingerprint density at radius 1 is 1.32 bits per heavy atom. The van der Waals surface area contributed by atoms with Gasteiger partial charge in [-0.2, -0.15) is 0 Å². The van der Waals surface area contributed by atoms with Gasteiger partial charge in [0.15, 0.2) is 9.84 Å². The lowest BCUT2D eigenvalue weighted by atomic mass is 9.92. The van der Waals surface area contributed by atoms with E-state index in [9.17, 15) is 8.42 Å². The Labute approximate surface area is 155 Å². The molecule has 0 saturated heterocycles. The number of rotatable bonds is 8. The Kier molecular flexibility index (Phi) is 6.37. The summed E-state index contributed by atoms with van der Waals surface area (Å²) in [7, 11) is -5.21. The summed E-state index contributed by atoms with van der Waals surface area (Å²) in [4.78, 5) is 0.597. The molecule has 2 nitrogen and oxygen atoms in total. The molecule has 0 spiro atoms. The van der Waals surface area contributed by atoms with Crippen LogP contribution in [0.25, 0.3) is 0 Å². The summed E-state index contributed by atoms with van der Waals surface area (Å²) in [6.45, 7) is 12.6. The largest absolute Gasteiger partial charge is 0.223 e. The molecule has 4 heteroatoms. The fourth-order valence-corrected chi connectivity index (χ4v) is 10.1. The van der Waals surface area contributed by atoms with Crippen LogP contribution in [0.5, 0.6) is 0 Å². The summed E-state index contributed by atoms with van der Waals surface area (Å²) in [5, 5.41) is 1.07. The van der Waals surface area contributed by atoms with Gasteiger partial charge >= 0.3 is 0 Å². The van der Waals surface area contributed by atoms with Crippen molar-refractivity contribution in [2.24, 2.45) is 5.92 Å². The number of hydrogen-bond donors (Lipinski definition) is 0. The van der Waals surface area contributed by atoms with Crippen LogP contribution in [0.3, 0.4) is 0 Å². The molecule has 1 aromatic carbocycles. The van der Waals surface area contributed by atoms with Crippen LogP contribution in [-0.2, 0) is 9.84 Å². The third kappa shape index (κ3) is 3.80. The number of benzene rings is 1. The third-order valence-corrected chi connectivity index (χ3v) is 12.3. The zero-order chi connectivity index (χ0) is 18.7. The zero-order valence-electron chi connectivity index (χ0n) is 16.3. The fourth-order valence-electron chi connectivity index (χ4n) is 4.44. The second-order valence-corrected chi connectivity index (χ2v) is 15.5. The van der Waals surface area contributed by atoms with Crippen molar-refractivity contribution in [3.05, 3.63) is 36.9 Å². The number of allylic oxidation sites excluding steroid dienone is 1. The van der Waals surface area contributed by atoms with E-state index in [-0.39, 0.29) is 5.92 Å². The first-order valence-electron chi connectivity index (χ1n) is 9.65. The standard InChI is InChI=1S/C21H34O2SSi/c1-6-8-12-18-13-11-16-21(18,3)24(22,23)19-14-9-10-15-20(19)25(4,5)17-7-2/h7,9-10,14-15,18H,2,6,8,11-13,16-17H2,1,3-5H3. The summed E-state index contributed by atoms with van der Waals surface area (Å²) in [6.07, 6.45) is 8.09. The maximum atomic E-state index is 13.8. The van der Waals surface area contributed by atoms with Crippen molar-refractivity contribution in [3.8, 4) is 0 Å². The molecule has 1 aliphatic carbocycles. The smallest absolute Gasteiger partial charge is 0.183 e. The topological polar surface area (TPSA) is 34.1 Å². The van der Waals surface area contributed by atoms with Crippen molar-refractivity contribution in [3.63, 3.8) is 0 Å². The molecule has 0 bridgehead atoms. The van der Waals surface area contributed by atoms with E-state index in [0.717, 1.165) is 49.8 Å². The van der Waals surface area contributed by atoms with Gasteiger partial charge < -0.3 is 0 Å². The highest BCUT2D eigenvalue weighted by atomic mass is 32.2. The fraction of sp³-hybridized carbons (Fsp3) is 0.619. The Hall–Kier alpha value is -0.873. The molecule has 0 aliphatic heterocycles. The van der Waals surface area contributed by atoms with Gasteiger partial charge in [0.05, 0.1) is 17.7 Å². The molecule has 2 atom stereocenters. The van der Waals surface area contributed by atoms with Crippen molar-refractivity contribution >= 4 is 23.1 Å². The van der Waals surface area contributed by atoms with Crippen molar-refractivity contribution in [1.82, 2.24) is 0 Å². The minimum atomic E-state index is -3.35. The Morgan fingerprint density at radius 3 is 2.64 bits per heavy atom. The highest BCUT2D eigenvalue weighted by Crippen LogP contribution is 2.46. The minimum absolute atomic E-state index is 0.287. The van der Waals surface area contributed by atoms with E-state index in [1.165, 1.54) is 0 Å². The molecule has 0 N–H and O–H groups in total. The molecular formula is C21H34O2SSi. The molecule has 0 aromatic heterocycles. The zero-order valence-corrected chi connectivity index (χ0v) is 18.2. The maximum Gasteiger partial charge on any atom is 0.183 e. The quantitative estimate of drug-likeness (QED) is 0.454. The van der Waals surface area contributed by atoms with E-state index < -0.39 is 22.7 Å². The highest BCUT2D eigenvalue weighted by Gasteiger charge is 2.50. The van der Waals surface area contributed by atoms with Gasteiger partial charge in [0.2, 0.25) is 0 Å². The second kappa shape index (κ2) is 7.79. The van der Waals surface area contributed by atoms with E-state index in [4.69, 9.17) is 0 Å². The van der Waals surface area contributed by atoms with E-state index in [0.29, 0.717) is 4.90 Å². The molecule has 1 fully saturated rings. The SMILES string of the molecule is C=CC[Si](C)(C)c1ccccc1S(=O)(=O)C1(C)CCCC1CCCC. The first-order chi connectivity index (χ1) is 11.7. The van der Waals surface area contributed by atoms with Gasteiger partial charge in [-0.05, 0) is 49.4 Å². The maximum absolute atomic E-state index is 13.8. The summed E-state index contributed by atoms with van der Waals surface area (Å²) in [5.74, 6) is 0.287. The van der Waals surface area contributed by atoms with Crippen LogP contribution in [0, 0.1) is 5.92 Å². The van der Waals surface area contributed by atoms with E-state index in [2.05, 4.69) is 26.6 Å². The van der Waals surface area contributed by atoms with Crippen LogP contribution in [0.4, 0.5) is 0 Å². The number of sulfone groups is 1. The summed E-state index contributed by atoms with van der Waals surface area (Å²) < 4.78 is 27.0. The summed E-state index contributed by atoms with van der Waals surface area (Å²) in [5.41, 5.74) is 0. The van der Waals surface area contributed by atoms with Gasteiger partial charge in [0.25, 0.3) is 0 Å². The van der Waals surface area contributed by atoms with Gasteiger partial charge in [-0.1, -0.05) is 63.6 Å². The van der Waals surface area contributed by atoms with Gasteiger partial charge in [-0.15, -0.1) is 6.58 Å². The molecule has 1 aromatic rings. The summed E-state index contributed by atoms with van der Waals surface area (Å²) in [6, 6.07) is 8.66. The van der Waals surface area contributed by atoms with Gasteiger partial charge in [-0.3, -0.25) is 0 Å². The molecular weight excluding hydrogens is 344 g/mol. The first kappa shape index (κ1) is 20.4. The van der Waals surface area contributed by atoms with Crippen molar-refractivity contribution < 1.29 is 8.42 Å². The second-order valence-electron chi connectivity index (χ2n) is 8.42. The van der Waals surface area contributed by atoms with Gasteiger partial charge in [-0.25, -0.2) is 8.42 Å². The van der Waals surface area contributed by atoms with Crippen molar-refractivity contribution in [1.29, 1.82) is 0 Å². The number of hydrogen-bond acceptors (Lipinski definition) is 2. The van der Waals surface area contributed by atoms with Crippen molar-refractivity contribution in [2.45, 2.75) is 81.2 Å². The predicted octanol–water partition coefficient (Wildman–Crippen LogP) is 5.31. The third-order valence-electron chi connectivity index (χ3n) is 6.17. The highest BCUT2D eigenvalue weighted by molar-refractivity contribution is 7.93. The average Bonchev–Trinajstić information content (AvgIpc) is 2.95. The Bertz CT molecular complexity index is 708. The monoisotopic (exact) mass is 378 g/mol. The van der Waals surface area contributed by atoms with Crippen LogP contribution in [0.1, 0.15) is 52.4 Å². The van der Waals surface area contributed by atoms with Gasteiger partial charge in [0.1, 0.15) is 0 Å². The van der Waals surface area contributed by atoms with Crippen LogP contribution in [0.2, 0.25) is 19.1 Å². The molecule has 1 aliphatic rings. The average molecular weight is 379 g/mol. The van der Waals surface area contributed by atoms with Crippen LogP contribution >= 0.6 is 0 Å². The molecule has 25 heavy (non-hydrogen) atoms. The van der Waals surface area contributed by atoms with Crippen LogP contribution in [0.15, 0.2) is 41.8 Å². The lowest BCUT2D eigenvalue weighted by Gasteiger charge is -2.34. The normalized spacial score (nSPS) is 24.4. The van der Waals surface area contributed by atoms with Crippen LogP contribution < -0.4 is 5.19 Å². The Morgan fingerprint density at radius 2 is 2.00 bits per heavy atom. The first-order valence-corrected chi connectivity index (χ1v) is 14.3. The molecule has 0 heterocycles. The van der Waals surface area contributed by atoms with E-state index >= 15 is 0 Å². The lowest BCUT2D eigenvalue weighted by molar-refractivity contribution is 0.390. The van der Waals surface area contributed by atoms with E-state index in [1.54, 1.807) is 0 Å². The summed E-state index contributed by atoms with van der Waals surface area (Å²) >= 11 is 0. The minimum Gasteiger partial charge on any atom is -0.223 e. The molecule has 0 amide bonds. The lowest BCUT2D eigenvalue weighted by Crippen LogP contribution is -2.47. The van der Waals surface area contributed by atoms with Gasteiger partial charge in [0, 0.05) is 0 Å².